The molecule has 1 aromatic heterocycles. The van der Waals surface area contributed by atoms with E-state index < -0.39 is 11.7 Å². The average molecular weight is 396 g/mol. The normalized spacial score (nSPS) is 21.7. The molecule has 3 aromatic rings. The van der Waals surface area contributed by atoms with Crippen molar-refractivity contribution < 1.29 is 13.2 Å². The van der Waals surface area contributed by atoms with E-state index in [0.29, 0.717) is 17.6 Å². The monoisotopic (exact) mass is 396 g/mol. The van der Waals surface area contributed by atoms with Gasteiger partial charge in [0, 0.05) is 35.8 Å². The number of nitrogens with zero attached hydrogens (tertiary/aromatic N) is 1. The van der Waals surface area contributed by atoms with Crippen LogP contribution in [0.15, 0.2) is 42.5 Å². The largest absolute Gasteiger partial charge is 0.416 e. The fourth-order valence-corrected chi connectivity index (χ4v) is 4.89. The summed E-state index contributed by atoms with van der Waals surface area (Å²) in [6.45, 7) is 2.10. The minimum absolute atomic E-state index is 0.366. The Bertz CT molecular complexity index is 1110. The third-order valence-corrected chi connectivity index (χ3v) is 6.20. The fraction of sp³-hybridized carbons (Fsp3) is 0.333. The summed E-state index contributed by atoms with van der Waals surface area (Å²) in [6.07, 6.45) is 3.89. The van der Waals surface area contributed by atoms with Gasteiger partial charge < -0.3 is 9.88 Å². The molecule has 1 fully saturated rings. The summed E-state index contributed by atoms with van der Waals surface area (Å²) in [5.41, 5.74) is 4.94. The van der Waals surface area contributed by atoms with Crippen LogP contribution < -0.4 is 5.32 Å². The Kier molecular flexibility index (Phi) is 4.32. The van der Waals surface area contributed by atoms with Crippen molar-refractivity contribution in [2.45, 2.75) is 50.9 Å². The van der Waals surface area contributed by atoms with Gasteiger partial charge in [0.15, 0.2) is 0 Å². The number of benzene rings is 2. The zero-order valence-corrected chi connectivity index (χ0v) is 16.3. The number of hydrogen-bond donors (Lipinski definition) is 1. The minimum atomic E-state index is -4.33. The molecule has 5 rings (SSSR count). The molecule has 5 heteroatoms. The van der Waals surface area contributed by atoms with Crippen molar-refractivity contribution in [1.29, 1.82) is 0 Å². The Morgan fingerprint density at radius 1 is 1.10 bits per heavy atom. The van der Waals surface area contributed by atoms with Crippen LogP contribution >= 0.6 is 0 Å². The van der Waals surface area contributed by atoms with E-state index in [4.69, 9.17) is 0 Å². The van der Waals surface area contributed by atoms with E-state index in [1.165, 1.54) is 47.2 Å². The highest BCUT2D eigenvalue weighted by atomic mass is 19.4. The first kappa shape index (κ1) is 18.5. The van der Waals surface area contributed by atoms with Crippen LogP contribution in [0, 0.1) is 6.92 Å². The molecule has 2 atom stereocenters. The maximum absolute atomic E-state index is 13.0. The van der Waals surface area contributed by atoms with E-state index in [-0.39, 0.29) is 0 Å². The number of aryl methyl sites for hydroxylation is 1. The van der Waals surface area contributed by atoms with Gasteiger partial charge in [-0.2, -0.15) is 13.2 Å². The van der Waals surface area contributed by atoms with Crippen molar-refractivity contribution in [3.05, 3.63) is 70.4 Å². The first-order valence-corrected chi connectivity index (χ1v) is 10.1. The molecule has 0 spiro atoms. The van der Waals surface area contributed by atoms with Gasteiger partial charge in [0.25, 0.3) is 0 Å². The molecule has 2 aliphatic rings. The van der Waals surface area contributed by atoms with Gasteiger partial charge in [-0.05, 0) is 67.7 Å². The SMILES string of the molecule is Cc1ccc2c(c1)c1c(n2/C=C/c2cccc(C(F)(F)F)c2)C[C@H]2CCC[C@@H]1N2. The van der Waals surface area contributed by atoms with Gasteiger partial charge in [0.05, 0.1) is 11.1 Å². The molecular weight excluding hydrogens is 373 g/mol. The number of aromatic nitrogens is 1. The van der Waals surface area contributed by atoms with Crippen LogP contribution in [0.4, 0.5) is 13.2 Å². The van der Waals surface area contributed by atoms with Crippen LogP contribution in [0.25, 0.3) is 23.2 Å². The molecule has 1 saturated heterocycles. The molecule has 0 unspecified atom stereocenters. The highest BCUT2D eigenvalue weighted by Crippen LogP contribution is 2.41. The number of rotatable bonds is 2. The molecule has 3 heterocycles. The number of hydrogen-bond acceptors (Lipinski definition) is 1. The molecule has 0 saturated carbocycles. The van der Waals surface area contributed by atoms with Crippen LogP contribution in [0.3, 0.4) is 0 Å². The Labute approximate surface area is 168 Å². The molecular formula is C24H23F3N2. The number of piperidine rings is 1. The summed E-state index contributed by atoms with van der Waals surface area (Å²) in [5, 5.41) is 5.03. The first-order valence-electron chi connectivity index (χ1n) is 10.1. The summed E-state index contributed by atoms with van der Waals surface area (Å²) < 4.78 is 41.3. The van der Waals surface area contributed by atoms with Crippen LogP contribution in [0.1, 0.15) is 53.3 Å². The quantitative estimate of drug-likeness (QED) is 0.535. The number of fused-ring (bicyclic) bond motifs is 6. The molecule has 29 heavy (non-hydrogen) atoms. The molecule has 2 aromatic carbocycles. The Balaban J connectivity index is 1.63. The zero-order valence-electron chi connectivity index (χ0n) is 16.3. The molecule has 0 amide bonds. The van der Waals surface area contributed by atoms with Crippen molar-refractivity contribution in [3.63, 3.8) is 0 Å². The van der Waals surface area contributed by atoms with E-state index in [0.717, 1.165) is 24.4 Å². The second kappa shape index (κ2) is 6.77. The van der Waals surface area contributed by atoms with E-state index in [2.05, 4.69) is 35.0 Å². The second-order valence-corrected chi connectivity index (χ2v) is 8.24. The van der Waals surface area contributed by atoms with Crippen molar-refractivity contribution in [1.82, 2.24) is 9.88 Å². The van der Waals surface area contributed by atoms with Gasteiger partial charge in [-0.1, -0.05) is 23.8 Å². The smallest absolute Gasteiger partial charge is 0.320 e. The lowest BCUT2D eigenvalue weighted by Crippen LogP contribution is -2.42. The lowest BCUT2D eigenvalue weighted by Gasteiger charge is -2.36. The second-order valence-electron chi connectivity index (χ2n) is 8.24. The van der Waals surface area contributed by atoms with E-state index in [1.54, 1.807) is 12.1 Å². The van der Waals surface area contributed by atoms with Gasteiger partial charge in [-0.3, -0.25) is 0 Å². The number of alkyl halides is 3. The predicted octanol–water partition coefficient (Wildman–Crippen LogP) is 6.34. The maximum atomic E-state index is 13.0. The van der Waals surface area contributed by atoms with Gasteiger partial charge in [-0.25, -0.2) is 0 Å². The summed E-state index contributed by atoms with van der Waals surface area (Å²) in [6, 6.07) is 12.8. The van der Waals surface area contributed by atoms with E-state index in [9.17, 15) is 13.2 Å². The molecule has 150 valence electrons. The molecule has 2 nitrogen and oxygen atoms in total. The number of halogens is 3. The summed E-state index contributed by atoms with van der Waals surface area (Å²) >= 11 is 0. The molecule has 2 bridgehead atoms. The van der Waals surface area contributed by atoms with Gasteiger partial charge >= 0.3 is 6.18 Å². The van der Waals surface area contributed by atoms with Crippen LogP contribution in [0.5, 0.6) is 0 Å². The van der Waals surface area contributed by atoms with E-state index >= 15 is 0 Å². The standard InChI is InChI=1S/C24H23F3N2/c1-15-8-9-21-19(12-15)23-20-7-3-6-18(28-20)14-22(23)29(21)11-10-16-4-2-5-17(13-16)24(25,26)27/h2,4-5,8-13,18,20,28H,3,6-7,14H2,1H3/b11-10+/t18-,20+/m1/s1. The summed E-state index contributed by atoms with van der Waals surface area (Å²) in [5.74, 6) is 0. The molecule has 1 N–H and O–H groups in total. The Morgan fingerprint density at radius 3 is 2.79 bits per heavy atom. The fourth-order valence-electron chi connectivity index (χ4n) is 4.89. The minimum Gasteiger partial charge on any atom is -0.320 e. The highest BCUT2D eigenvalue weighted by Gasteiger charge is 2.34. The third-order valence-electron chi connectivity index (χ3n) is 6.20. The first-order chi connectivity index (χ1) is 13.9. The Hall–Kier alpha value is -2.53. The lowest BCUT2D eigenvalue weighted by molar-refractivity contribution is -0.137. The lowest BCUT2D eigenvalue weighted by atomic mass is 9.84. The van der Waals surface area contributed by atoms with Crippen molar-refractivity contribution in [2.75, 3.05) is 0 Å². The maximum Gasteiger partial charge on any atom is 0.416 e. The van der Waals surface area contributed by atoms with Crippen molar-refractivity contribution in [2.24, 2.45) is 0 Å². The van der Waals surface area contributed by atoms with Crippen LogP contribution in [0.2, 0.25) is 0 Å². The number of nitrogens with one attached hydrogen (secondary N) is 1. The zero-order chi connectivity index (χ0) is 20.2. The van der Waals surface area contributed by atoms with Gasteiger partial charge in [0.1, 0.15) is 0 Å². The summed E-state index contributed by atoms with van der Waals surface area (Å²) in [7, 11) is 0. The van der Waals surface area contributed by atoms with Crippen molar-refractivity contribution in [3.8, 4) is 0 Å². The van der Waals surface area contributed by atoms with Crippen LogP contribution in [-0.4, -0.2) is 10.6 Å². The molecule has 2 aliphatic heterocycles. The molecule has 0 radical (unpaired) electrons. The van der Waals surface area contributed by atoms with Gasteiger partial charge in [0.2, 0.25) is 0 Å². The molecule has 0 aliphatic carbocycles. The average Bonchev–Trinajstić information content (AvgIpc) is 2.98. The third kappa shape index (κ3) is 3.27. The Morgan fingerprint density at radius 2 is 1.97 bits per heavy atom. The summed E-state index contributed by atoms with van der Waals surface area (Å²) in [4.78, 5) is 0. The van der Waals surface area contributed by atoms with Gasteiger partial charge in [-0.15, -0.1) is 0 Å². The topological polar surface area (TPSA) is 17.0 Å². The van der Waals surface area contributed by atoms with Crippen molar-refractivity contribution >= 4 is 23.2 Å². The van der Waals surface area contributed by atoms with E-state index in [1.807, 2.05) is 6.20 Å². The predicted molar refractivity (Wildman–Crippen MR) is 111 cm³/mol. The van der Waals surface area contributed by atoms with Crippen LogP contribution in [-0.2, 0) is 12.6 Å². The highest BCUT2D eigenvalue weighted by molar-refractivity contribution is 5.90.